The molecule has 3 heteroatoms. The highest BCUT2D eigenvalue weighted by Crippen LogP contribution is 2.28. The lowest BCUT2D eigenvalue weighted by molar-refractivity contribution is 0.0807. The second-order valence-corrected chi connectivity index (χ2v) is 5.60. The van der Waals surface area contributed by atoms with Crippen molar-refractivity contribution in [1.82, 2.24) is 5.32 Å². The van der Waals surface area contributed by atoms with E-state index in [2.05, 4.69) is 37.4 Å². The first-order valence-corrected chi connectivity index (χ1v) is 7.22. The monoisotopic (exact) mass is 263 g/mol. The van der Waals surface area contributed by atoms with Crippen molar-refractivity contribution in [2.75, 3.05) is 20.3 Å². The maximum absolute atomic E-state index is 5.80. The molecule has 1 saturated heterocycles. The molecule has 3 nitrogen and oxygen atoms in total. The van der Waals surface area contributed by atoms with Crippen molar-refractivity contribution in [1.29, 1.82) is 0 Å². The van der Waals surface area contributed by atoms with Crippen molar-refractivity contribution in [2.24, 2.45) is 5.92 Å². The average molecular weight is 263 g/mol. The number of likely N-dealkylation sites (N-methyl/N-ethyl adjacent to an activating group) is 1. The molecule has 1 heterocycles. The molecule has 0 saturated carbocycles. The summed E-state index contributed by atoms with van der Waals surface area (Å²) in [6.07, 6.45) is 2.57. The van der Waals surface area contributed by atoms with Crippen LogP contribution in [0.25, 0.3) is 0 Å². The van der Waals surface area contributed by atoms with Gasteiger partial charge in [-0.3, -0.25) is 0 Å². The Bertz CT molecular complexity index is 386. The largest absolute Gasteiger partial charge is 0.493 e. The van der Waals surface area contributed by atoms with Crippen LogP contribution in [0.15, 0.2) is 24.3 Å². The maximum atomic E-state index is 5.80. The van der Waals surface area contributed by atoms with Crippen molar-refractivity contribution >= 4 is 0 Å². The lowest BCUT2D eigenvalue weighted by Crippen LogP contribution is -2.28. The molecule has 1 aliphatic heterocycles. The van der Waals surface area contributed by atoms with Crippen LogP contribution in [-0.2, 0) is 4.74 Å². The van der Waals surface area contributed by atoms with Gasteiger partial charge >= 0.3 is 0 Å². The van der Waals surface area contributed by atoms with E-state index < -0.39 is 0 Å². The lowest BCUT2D eigenvalue weighted by Gasteiger charge is -2.23. The van der Waals surface area contributed by atoms with E-state index in [0.29, 0.717) is 5.92 Å². The fraction of sp³-hybridized carbons (Fsp3) is 0.625. The summed E-state index contributed by atoms with van der Waals surface area (Å²) in [5.41, 5.74) is 1.25. The Morgan fingerprint density at radius 2 is 2.26 bits per heavy atom. The first kappa shape index (κ1) is 14.4. The van der Waals surface area contributed by atoms with Crippen LogP contribution in [-0.4, -0.2) is 26.4 Å². The third-order valence-corrected chi connectivity index (χ3v) is 3.45. The number of nitrogens with one attached hydrogen (secondary N) is 1. The minimum Gasteiger partial charge on any atom is -0.493 e. The summed E-state index contributed by atoms with van der Waals surface area (Å²) in [6.45, 7) is 5.96. The highest BCUT2D eigenvalue weighted by molar-refractivity contribution is 5.31. The minimum atomic E-state index is 0.255. The Hall–Kier alpha value is -1.06. The van der Waals surface area contributed by atoms with E-state index >= 15 is 0 Å². The molecule has 2 unspecified atom stereocenters. The number of benzene rings is 1. The summed E-state index contributed by atoms with van der Waals surface area (Å²) in [6, 6.07) is 8.61. The van der Waals surface area contributed by atoms with Crippen LogP contribution in [0.5, 0.6) is 5.75 Å². The molecular weight excluding hydrogens is 238 g/mol. The number of hydrogen-bond donors (Lipinski definition) is 1. The van der Waals surface area contributed by atoms with Gasteiger partial charge in [-0.25, -0.2) is 0 Å². The quantitative estimate of drug-likeness (QED) is 0.855. The van der Waals surface area contributed by atoms with Gasteiger partial charge in [0.1, 0.15) is 5.75 Å². The highest BCUT2D eigenvalue weighted by Gasteiger charge is 2.26. The van der Waals surface area contributed by atoms with Crippen LogP contribution in [0, 0.1) is 5.92 Å². The van der Waals surface area contributed by atoms with Gasteiger partial charge in [0.05, 0.1) is 18.8 Å². The van der Waals surface area contributed by atoms with Crippen molar-refractivity contribution in [3.05, 3.63) is 29.8 Å². The Kier molecular flexibility index (Phi) is 5.23. The molecule has 0 spiro atoms. The van der Waals surface area contributed by atoms with Crippen LogP contribution in [0.2, 0.25) is 0 Å². The summed E-state index contributed by atoms with van der Waals surface area (Å²) >= 11 is 0. The van der Waals surface area contributed by atoms with Gasteiger partial charge in [0.25, 0.3) is 0 Å². The summed E-state index contributed by atoms with van der Waals surface area (Å²) in [7, 11) is 1.99. The molecule has 1 fully saturated rings. The Morgan fingerprint density at radius 1 is 1.42 bits per heavy atom. The SMILES string of the molecule is CNC(c1cccc(OCC(C)C)c1)C1CCCO1. The standard InChI is InChI=1S/C16H25NO2/c1-12(2)11-19-14-7-4-6-13(10-14)16(17-3)15-8-5-9-18-15/h4,6-7,10,12,15-17H,5,8-9,11H2,1-3H3. The molecule has 0 radical (unpaired) electrons. The molecule has 0 aliphatic carbocycles. The van der Waals surface area contributed by atoms with Crippen LogP contribution in [0.1, 0.15) is 38.3 Å². The van der Waals surface area contributed by atoms with Crippen LogP contribution < -0.4 is 10.1 Å². The zero-order chi connectivity index (χ0) is 13.7. The van der Waals surface area contributed by atoms with E-state index in [1.54, 1.807) is 0 Å². The van der Waals surface area contributed by atoms with Gasteiger partial charge in [-0.15, -0.1) is 0 Å². The molecule has 0 bridgehead atoms. The third kappa shape index (κ3) is 3.95. The number of rotatable bonds is 6. The number of hydrogen-bond acceptors (Lipinski definition) is 3. The average Bonchev–Trinajstić information content (AvgIpc) is 2.92. The van der Waals surface area contributed by atoms with Gasteiger partial charge in [-0.05, 0) is 43.5 Å². The fourth-order valence-corrected chi connectivity index (χ4v) is 2.49. The van der Waals surface area contributed by atoms with E-state index in [0.717, 1.165) is 31.8 Å². The maximum Gasteiger partial charge on any atom is 0.119 e. The number of ether oxygens (including phenoxy) is 2. The Balaban J connectivity index is 2.07. The van der Waals surface area contributed by atoms with Crippen molar-refractivity contribution in [3.8, 4) is 5.75 Å². The zero-order valence-electron chi connectivity index (χ0n) is 12.2. The Labute approximate surface area is 116 Å². The first-order chi connectivity index (χ1) is 9.20. The second kappa shape index (κ2) is 6.92. The van der Waals surface area contributed by atoms with Gasteiger partial charge in [0, 0.05) is 6.61 Å². The van der Waals surface area contributed by atoms with E-state index in [1.165, 1.54) is 5.56 Å². The summed E-state index contributed by atoms with van der Waals surface area (Å²) < 4.78 is 11.6. The second-order valence-electron chi connectivity index (χ2n) is 5.60. The lowest BCUT2D eigenvalue weighted by atomic mass is 9.99. The van der Waals surface area contributed by atoms with Crippen LogP contribution in [0.3, 0.4) is 0 Å². The fourth-order valence-electron chi connectivity index (χ4n) is 2.49. The van der Waals surface area contributed by atoms with Gasteiger partial charge in [-0.2, -0.15) is 0 Å². The van der Waals surface area contributed by atoms with Gasteiger partial charge in [0.2, 0.25) is 0 Å². The van der Waals surface area contributed by atoms with Gasteiger partial charge in [0.15, 0.2) is 0 Å². The normalized spacial score (nSPS) is 20.7. The molecule has 2 rings (SSSR count). The molecule has 1 aromatic rings. The van der Waals surface area contributed by atoms with E-state index in [-0.39, 0.29) is 12.1 Å². The van der Waals surface area contributed by atoms with Crippen molar-refractivity contribution in [2.45, 2.75) is 38.8 Å². The predicted molar refractivity (Wildman–Crippen MR) is 77.5 cm³/mol. The smallest absolute Gasteiger partial charge is 0.119 e. The third-order valence-electron chi connectivity index (χ3n) is 3.45. The molecule has 106 valence electrons. The molecule has 1 aromatic carbocycles. The summed E-state index contributed by atoms with van der Waals surface area (Å²) in [5, 5.41) is 3.37. The Morgan fingerprint density at radius 3 is 2.89 bits per heavy atom. The summed E-state index contributed by atoms with van der Waals surface area (Å²) in [5.74, 6) is 1.49. The van der Waals surface area contributed by atoms with Crippen LogP contribution in [0.4, 0.5) is 0 Å². The summed E-state index contributed by atoms with van der Waals surface area (Å²) in [4.78, 5) is 0. The molecule has 0 amide bonds. The van der Waals surface area contributed by atoms with Crippen molar-refractivity contribution in [3.63, 3.8) is 0 Å². The molecular formula is C16H25NO2. The van der Waals surface area contributed by atoms with Gasteiger partial charge < -0.3 is 14.8 Å². The van der Waals surface area contributed by atoms with E-state index in [9.17, 15) is 0 Å². The van der Waals surface area contributed by atoms with Crippen molar-refractivity contribution < 1.29 is 9.47 Å². The highest BCUT2D eigenvalue weighted by atomic mass is 16.5. The topological polar surface area (TPSA) is 30.5 Å². The molecule has 19 heavy (non-hydrogen) atoms. The predicted octanol–water partition coefficient (Wildman–Crippen LogP) is 3.16. The van der Waals surface area contributed by atoms with Crippen LogP contribution >= 0.6 is 0 Å². The minimum absolute atomic E-state index is 0.255. The van der Waals surface area contributed by atoms with E-state index in [1.807, 2.05) is 13.1 Å². The molecule has 1 N–H and O–H groups in total. The zero-order valence-corrected chi connectivity index (χ0v) is 12.2. The molecule has 2 atom stereocenters. The van der Waals surface area contributed by atoms with E-state index in [4.69, 9.17) is 9.47 Å². The molecule has 1 aliphatic rings. The first-order valence-electron chi connectivity index (χ1n) is 7.22. The molecule has 0 aromatic heterocycles. The van der Waals surface area contributed by atoms with Gasteiger partial charge in [-0.1, -0.05) is 26.0 Å².